The van der Waals surface area contributed by atoms with E-state index in [0.29, 0.717) is 0 Å². The summed E-state index contributed by atoms with van der Waals surface area (Å²) in [6, 6.07) is 0.717. The average molecular weight is 241 g/mol. The van der Waals surface area contributed by atoms with Gasteiger partial charge in [0.1, 0.15) is 0 Å². The molecule has 0 aromatic heterocycles. The Balaban J connectivity index is 2.12. The lowest BCUT2D eigenvalue weighted by Gasteiger charge is -2.25. The molecule has 1 saturated heterocycles. The maximum atomic E-state index is 5.41. The zero-order chi connectivity index (χ0) is 12.5. The third-order valence-corrected chi connectivity index (χ3v) is 3.93. The van der Waals surface area contributed by atoms with Gasteiger partial charge in [-0.3, -0.25) is 0 Å². The van der Waals surface area contributed by atoms with E-state index in [9.17, 15) is 0 Å². The largest absolute Gasteiger partial charge is 0.381 e. The van der Waals surface area contributed by atoms with Gasteiger partial charge in [0.2, 0.25) is 0 Å². The molecule has 0 radical (unpaired) electrons. The molecule has 1 rings (SSSR count). The standard InChI is InChI=1S/C15H31NO/c1-4-10-16-15(13(2)3)7-5-6-14-8-11-17-12-9-14/h13-16H,4-12H2,1-3H3. The molecule has 2 nitrogen and oxygen atoms in total. The van der Waals surface area contributed by atoms with Crippen molar-refractivity contribution in [1.29, 1.82) is 0 Å². The van der Waals surface area contributed by atoms with Gasteiger partial charge in [0.25, 0.3) is 0 Å². The van der Waals surface area contributed by atoms with Crippen LogP contribution in [0.2, 0.25) is 0 Å². The second-order valence-electron chi connectivity index (χ2n) is 5.79. The SMILES string of the molecule is CCCNC(CCCC1CCOCC1)C(C)C. The monoisotopic (exact) mass is 241 g/mol. The Morgan fingerprint density at radius 1 is 1.24 bits per heavy atom. The van der Waals surface area contributed by atoms with Crippen molar-refractivity contribution in [2.24, 2.45) is 11.8 Å². The summed E-state index contributed by atoms with van der Waals surface area (Å²) < 4.78 is 5.41. The van der Waals surface area contributed by atoms with Crippen LogP contribution in [0.3, 0.4) is 0 Å². The number of ether oxygens (including phenoxy) is 1. The minimum Gasteiger partial charge on any atom is -0.381 e. The number of hydrogen-bond donors (Lipinski definition) is 1. The molecule has 1 atom stereocenters. The maximum absolute atomic E-state index is 5.41. The lowest BCUT2D eigenvalue weighted by Crippen LogP contribution is -2.34. The molecule has 0 amide bonds. The second-order valence-corrected chi connectivity index (χ2v) is 5.79. The summed E-state index contributed by atoms with van der Waals surface area (Å²) in [4.78, 5) is 0. The summed E-state index contributed by atoms with van der Waals surface area (Å²) in [5.41, 5.74) is 0. The molecule has 0 spiro atoms. The maximum Gasteiger partial charge on any atom is 0.0468 e. The van der Waals surface area contributed by atoms with Crippen molar-refractivity contribution in [2.75, 3.05) is 19.8 Å². The lowest BCUT2D eigenvalue weighted by molar-refractivity contribution is 0.0627. The van der Waals surface area contributed by atoms with Crippen LogP contribution in [0.15, 0.2) is 0 Å². The summed E-state index contributed by atoms with van der Waals surface area (Å²) in [5, 5.41) is 3.68. The quantitative estimate of drug-likeness (QED) is 0.701. The van der Waals surface area contributed by atoms with Crippen LogP contribution < -0.4 is 5.32 Å². The van der Waals surface area contributed by atoms with Crippen LogP contribution in [0.25, 0.3) is 0 Å². The summed E-state index contributed by atoms with van der Waals surface area (Å²) >= 11 is 0. The molecule has 1 aliphatic heterocycles. The predicted molar refractivity (Wildman–Crippen MR) is 74.3 cm³/mol. The van der Waals surface area contributed by atoms with E-state index in [4.69, 9.17) is 4.74 Å². The minimum absolute atomic E-state index is 0.717. The molecule has 17 heavy (non-hydrogen) atoms. The molecule has 2 heteroatoms. The smallest absolute Gasteiger partial charge is 0.0468 e. The van der Waals surface area contributed by atoms with Gasteiger partial charge in [0, 0.05) is 19.3 Å². The van der Waals surface area contributed by atoms with Crippen LogP contribution in [0.1, 0.15) is 59.3 Å². The van der Waals surface area contributed by atoms with Gasteiger partial charge in [-0.15, -0.1) is 0 Å². The third-order valence-electron chi connectivity index (χ3n) is 3.93. The van der Waals surface area contributed by atoms with E-state index >= 15 is 0 Å². The molecular formula is C15H31NO. The number of nitrogens with one attached hydrogen (secondary N) is 1. The topological polar surface area (TPSA) is 21.3 Å². The molecule has 0 aromatic carbocycles. The Morgan fingerprint density at radius 3 is 2.53 bits per heavy atom. The van der Waals surface area contributed by atoms with Gasteiger partial charge in [-0.25, -0.2) is 0 Å². The molecule has 0 aromatic rings. The van der Waals surface area contributed by atoms with E-state index in [1.165, 1.54) is 45.1 Å². The highest BCUT2D eigenvalue weighted by Crippen LogP contribution is 2.22. The predicted octanol–water partition coefficient (Wildman–Crippen LogP) is 3.61. The van der Waals surface area contributed by atoms with Crippen molar-refractivity contribution < 1.29 is 4.74 Å². The van der Waals surface area contributed by atoms with Crippen molar-refractivity contribution in [3.05, 3.63) is 0 Å². The fourth-order valence-electron chi connectivity index (χ4n) is 2.66. The molecule has 0 saturated carbocycles. The van der Waals surface area contributed by atoms with Gasteiger partial charge in [-0.2, -0.15) is 0 Å². The van der Waals surface area contributed by atoms with Gasteiger partial charge in [0.05, 0.1) is 0 Å². The van der Waals surface area contributed by atoms with Crippen molar-refractivity contribution in [2.45, 2.75) is 65.3 Å². The van der Waals surface area contributed by atoms with Gasteiger partial charge in [-0.05, 0) is 44.1 Å². The fourth-order valence-corrected chi connectivity index (χ4v) is 2.66. The second kappa shape index (κ2) is 8.93. The molecule has 1 unspecified atom stereocenters. The summed E-state index contributed by atoms with van der Waals surface area (Å²) in [6.45, 7) is 10.1. The molecule has 1 aliphatic rings. The zero-order valence-corrected chi connectivity index (χ0v) is 12.0. The van der Waals surface area contributed by atoms with E-state index in [0.717, 1.165) is 31.1 Å². The van der Waals surface area contributed by atoms with Crippen LogP contribution in [-0.2, 0) is 4.74 Å². The first kappa shape index (κ1) is 15.0. The van der Waals surface area contributed by atoms with E-state index < -0.39 is 0 Å². The fraction of sp³-hybridized carbons (Fsp3) is 1.00. The third kappa shape index (κ3) is 6.42. The van der Waals surface area contributed by atoms with Gasteiger partial charge in [0.15, 0.2) is 0 Å². The highest BCUT2D eigenvalue weighted by Gasteiger charge is 2.16. The molecule has 1 heterocycles. The van der Waals surface area contributed by atoms with Gasteiger partial charge >= 0.3 is 0 Å². The highest BCUT2D eigenvalue weighted by molar-refractivity contribution is 4.72. The van der Waals surface area contributed by atoms with Crippen LogP contribution in [0.4, 0.5) is 0 Å². The van der Waals surface area contributed by atoms with Crippen molar-refractivity contribution in [1.82, 2.24) is 5.32 Å². The van der Waals surface area contributed by atoms with E-state index in [1.54, 1.807) is 0 Å². The van der Waals surface area contributed by atoms with Crippen molar-refractivity contribution in [3.63, 3.8) is 0 Å². The summed E-state index contributed by atoms with van der Waals surface area (Å²) in [6.07, 6.45) is 7.94. The molecular weight excluding hydrogens is 210 g/mol. The summed E-state index contributed by atoms with van der Waals surface area (Å²) in [5.74, 6) is 1.69. The Hall–Kier alpha value is -0.0800. The Kier molecular flexibility index (Phi) is 7.87. The van der Waals surface area contributed by atoms with Crippen LogP contribution in [0, 0.1) is 11.8 Å². The molecule has 1 fully saturated rings. The van der Waals surface area contributed by atoms with Gasteiger partial charge < -0.3 is 10.1 Å². The lowest BCUT2D eigenvalue weighted by atomic mass is 9.91. The van der Waals surface area contributed by atoms with E-state index in [1.807, 2.05) is 0 Å². The first-order valence-corrected chi connectivity index (χ1v) is 7.55. The first-order chi connectivity index (χ1) is 8.24. The Labute approximate surface area is 108 Å². The average Bonchev–Trinajstić information content (AvgIpc) is 2.34. The van der Waals surface area contributed by atoms with Crippen molar-refractivity contribution >= 4 is 0 Å². The molecule has 0 aliphatic carbocycles. The molecule has 0 bridgehead atoms. The minimum atomic E-state index is 0.717. The normalized spacial score (nSPS) is 19.8. The highest BCUT2D eigenvalue weighted by atomic mass is 16.5. The Morgan fingerprint density at radius 2 is 1.94 bits per heavy atom. The first-order valence-electron chi connectivity index (χ1n) is 7.55. The van der Waals surface area contributed by atoms with Crippen LogP contribution in [0.5, 0.6) is 0 Å². The number of rotatable bonds is 8. The molecule has 102 valence electrons. The van der Waals surface area contributed by atoms with E-state index in [2.05, 4.69) is 26.1 Å². The van der Waals surface area contributed by atoms with Gasteiger partial charge in [-0.1, -0.05) is 33.6 Å². The van der Waals surface area contributed by atoms with Crippen LogP contribution in [-0.4, -0.2) is 25.8 Å². The Bertz CT molecular complexity index is 176. The van der Waals surface area contributed by atoms with Crippen molar-refractivity contribution in [3.8, 4) is 0 Å². The van der Waals surface area contributed by atoms with Crippen LogP contribution >= 0.6 is 0 Å². The zero-order valence-electron chi connectivity index (χ0n) is 12.0. The van der Waals surface area contributed by atoms with E-state index in [-0.39, 0.29) is 0 Å². The summed E-state index contributed by atoms with van der Waals surface area (Å²) in [7, 11) is 0. The number of hydrogen-bond acceptors (Lipinski definition) is 2. The molecule has 1 N–H and O–H groups in total.